The average Bonchev–Trinajstić information content (AvgIpc) is 3.50. The van der Waals surface area contributed by atoms with E-state index in [1.165, 1.54) is 77.0 Å². The third-order valence-electron chi connectivity index (χ3n) is 12.4. The van der Waals surface area contributed by atoms with Gasteiger partial charge in [-0.3, -0.25) is 19.2 Å². The molecule has 10 nitrogen and oxygen atoms in total. The highest BCUT2D eigenvalue weighted by Crippen LogP contribution is 2.34. The van der Waals surface area contributed by atoms with Gasteiger partial charge < -0.3 is 29.5 Å². The molecule has 4 aliphatic rings. The molecule has 4 fully saturated rings. The minimum absolute atomic E-state index is 0.104. The van der Waals surface area contributed by atoms with E-state index in [1.54, 1.807) is 48.5 Å². The van der Waals surface area contributed by atoms with E-state index in [-0.39, 0.29) is 25.2 Å². The number of piperidine rings is 2. The summed E-state index contributed by atoms with van der Waals surface area (Å²) in [7, 11) is 4.59. The second-order valence-electron chi connectivity index (χ2n) is 16.6. The number of carbonyl (C=O) groups is 4. The SMILES string of the molecule is CCCCCC(=O)OCC(C(=O)O)c1ccccc1.CCCCCCCC(=O)OCC(C(=O)O)c1ccccc1.CN1C2CCCC1CC2.CN1C2CCCC1CC2. The summed E-state index contributed by atoms with van der Waals surface area (Å²) in [6.07, 6.45) is 23.6. The maximum absolute atomic E-state index is 11.6. The van der Waals surface area contributed by atoms with Gasteiger partial charge in [-0.2, -0.15) is 0 Å². The van der Waals surface area contributed by atoms with Crippen molar-refractivity contribution in [1.29, 1.82) is 0 Å². The van der Waals surface area contributed by atoms with Gasteiger partial charge >= 0.3 is 23.9 Å². The Bertz CT molecular complexity index is 1400. The van der Waals surface area contributed by atoms with Crippen LogP contribution in [0.5, 0.6) is 0 Å². The first-order valence-electron chi connectivity index (χ1n) is 22.4. The average molecular weight is 807 g/mol. The fourth-order valence-corrected chi connectivity index (χ4v) is 8.63. The summed E-state index contributed by atoms with van der Waals surface area (Å²) >= 11 is 0. The van der Waals surface area contributed by atoms with Crippen LogP contribution < -0.4 is 0 Å². The van der Waals surface area contributed by atoms with Crippen LogP contribution in [0.3, 0.4) is 0 Å². The van der Waals surface area contributed by atoms with Gasteiger partial charge in [-0.1, -0.05) is 126 Å². The Kier molecular flexibility index (Phi) is 23.3. The number of rotatable bonds is 18. The number of carboxylic acid groups (broad SMARTS) is 2. The van der Waals surface area contributed by atoms with Crippen LogP contribution in [0.1, 0.15) is 165 Å². The molecule has 0 radical (unpaired) electrons. The second kappa shape index (κ2) is 27.8. The van der Waals surface area contributed by atoms with Gasteiger partial charge in [-0.25, -0.2) is 0 Å². The molecule has 2 aromatic carbocycles. The standard InChI is InChI=1S/C17H24O4.C15H20O4.2C8H15N/c1-2-3-4-5-9-12-16(18)21-13-15(17(19)20)14-10-7-6-8-11-14;1-2-3-5-10-14(16)19-11-13(15(17)18)12-8-6-4-7-9-12;2*1-9-7-3-2-4-8(9)6-5-7/h6-8,10-11,15H,2-5,9,12-13H2,1H3,(H,19,20);4,6-9,13H,2-3,5,10-11H2,1H3,(H,17,18);2*7-8H,2-6H2,1H3. The van der Waals surface area contributed by atoms with E-state index in [9.17, 15) is 24.3 Å². The van der Waals surface area contributed by atoms with E-state index < -0.39 is 23.8 Å². The van der Waals surface area contributed by atoms with E-state index in [0.717, 1.165) is 62.7 Å². The van der Waals surface area contributed by atoms with Crippen molar-refractivity contribution in [2.75, 3.05) is 27.3 Å². The summed E-state index contributed by atoms with van der Waals surface area (Å²) in [5.74, 6) is -4.18. The maximum atomic E-state index is 11.6. The lowest BCUT2D eigenvalue weighted by atomic mass is 10.0. The molecule has 324 valence electrons. The Balaban J connectivity index is 0.000000219. The zero-order valence-corrected chi connectivity index (χ0v) is 36.0. The molecule has 0 amide bonds. The Morgan fingerprint density at radius 2 is 0.862 bits per heavy atom. The number of carbonyl (C=O) groups excluding carboxylic acids is 2. The number of carboxylic acids is 2. The van der Waals surface area contributed by atoms with Crippen molar-refractivity contribution in [3.8, 4) is 0 Å². The number of hydrogen-bond acceptors (Lipinski definition) is 8. The van der Waals surface area contributed by atoms with Crippen LogP contribution >= 0.6 is 0 Å². The van der Waals surface area contributed by atoms with Crippen molar-refractivity contribution in [3.05, 3.63) is 71.8 Å². The monoisotopic (exact) mass is 807 g/mol. The maximum Gasteiger partial charge on any atom is 0.314 e. The minimum atomic E-state index is -0.979. The zero-order valence-electron chi connectivity index (χ0n) is 36.0. The van der Waals surface area contributed by atoms with Crippen LogP contribution in [-0.4, -0.2) is 95.4 Å². The molecule has 0 aromatic heterocycles. The first kappa shape index (κ1) is 48.6. The van der Waals surface area contributed by atoms with Gasteiger partial charge in [-0.15, -0.1) is 0 Å². The van der Waals surface area contributed by atoms with E-state index in [0.29, 0.717) is 24.0 Å². The molecule has 0 spiro atoms. The number of benzene rings is 2. The quantitative estimate of drug-likeness (QED) is 0.111. The van der Waals surface area contributed by atoms with Crippen molar-refractivity contribution in [3.63, 3.8) is 0 Å². The third kappa shape index (κ3) is 17.6. The van der Waals surface area contributed by atoms with Gasteiger partial charge in [0, 0.05) is 37.0 Å². The highest BCUT2D eigenvalue weighted by molar-refractivity contribution is 5.78. The number of nitrogens with zero attached hydrogens (tertiary/aromatic N) is 2. The number of ether oxygens (including phenoxy) is 2. The lowest BCUT2D eigenvalue weighted by Crippen LogP contribution is -2.35. The Morgan fingerprint density at radius 3 is 1.19 bits per heavy atom. The first-order valence-corrected chi connectivity index (χ1v) is 22.4. The Labute approximate surface area is 349 Å². The second-order valence-corrected chi connectivity index (χ2v) is 16.6. The van der Waals surface area contributed by atoms with Crippen molar-refractivity contribution in [2.24, 2.45) is 0 Å². The molecule has 2 aromatic rings. The van der Waals surface area contributed by atoms with E-state index in [1.807, 2.05) is 12.1 Å². The molecule has 58 heavy (non-hydrogen) atoms. The predicted octanol–water partition coefficient (Wildman–Crippen LogP) is 10.0. The molecular weight excluding hydrogens is 733 g/mol. The molecule has 0 saturated carbocycles. The van der Waals surface area contributed by atoms with Gasteiger partial charge in [-0.05, 0) is 89.4 Å². The Morgan fingerprint density at radius 1 is 0.534 bits per heavy atom. The van der Waals surface area contributed by atoms with Crippen LogP contribution in [0.4, 0.5) is 0 Å². The summed E-state index contributed by atoms with van der Waals surface area (Å²) in [4.78, 5) is 50.7. The molecule has 4 aliphatic heterocycles. The van der Waals surface area contributed by atoms with E-state index >= 15 is 0 Å². The largest absolute Gasteiger partial charge is 0.481 e. The highest BCUT2D eigenvalue weighted by Gasteiger charge is 2.34. The van der Waals surface area contributed by atoms with Crippen molar-refractivity contribution < 1.29 is 38.9 Å². The fraction of sp³-hybridized carbons (Fsp3) is 0.667. The summed E-state index contributed by atoms with van der Waals surface area (Å²) in [6, 6.07) is 21.5. The van der Waals surface area contributed by atoms with E-state index in [4.69, 9.17) is 14.6 Å². The molecule has 2 N–H and O–H groups in total. The fourth-order valence-electron chi connectivity index (χ4n) is 8.63. The van der Waals surface area contributed by atoms with Crippen LogP contribution in [0, 0.1) is 0 Å². The number of esters is 2. The lowest BCUT2D eigenvalue weighted by Gasteiger charge is -2.30. The van der Waals surface area contributed by atoms with Gasteiger partial charge in [0.25, 0.3) is 0 Å². The molecular formula is C48H74N2O8. The minimum Gasteiger partial charge on any atom is -0.481 e. The normalized spacial score (nSPS) is 21.7. The molecule has 4 heterocycles. The topological polar surface area (TPSA) is 134 Å². The third-order valence-corrected chi connectivity index (χ3v) is 12.4. The number of fused-ring (bicyclic) bond motifs is 4. The summed E-state index contributed by atoms with van der Waals surface area (Å²) in [5, 5.41) is 18.4. The first-order chi connectivity index (χ1) is 28.0. The van der Waals surface area contributed by atoms with Crippen LogP contribution in [0.15, 0.2) is 60.7 Å². The summed E-state index contributed by atoms with van der Waals surface area (Å²) in [5.41, 5.74) is 1.30. The van der Waals surface area contributed by atoms with Crippen molar-refractivity contribution in [1.82, 2.24) is 9.80 Å². The van der Waals surface area contributed by atoms with E-state index in [2.05, 4.69) is 37.7 Å². The molecule has 10 heteroatoms. The van der Waals surface area contributed by atoms with Crippen molar-refractivity contribution in [2.45, 2.75) is 178 Å². The van der Waals surface area contributed by atoms with Crippen LogP contribution in [-0.2, 0) is 28.7 Å². The van der Waals surface area contributed by atoms with Crippen molar-refractivity contribution >= 4 is 23.9 Å². The lowest BCUT2D eigenvalue weighted by molar-refractivity contribution is -0.150. The predicted molar refractivity (Wildman–Crippen MR) is 230 cm³/mol. The van der Waals surface area contributed by atoms with Gasteiger partial charge in [0.1, 0.15) is 25.0 Å². The van der Waals surface area contributed by atoms with Gasteiger partial charge in [0.2, 0.25) is 0 Å². The summed E-state index contributed by atoms with van der Waals surface area (Å²) < 4.78 is 10.2. The molecule has 0 aliphatic carbocycles. The summed E-state index contributed by atoms with van der Waals surface area (Å²) in [6.45, 7) is 3.99. The van der Waals surface area contributed by atoms with Gasteiger partial charge in [0.05, 0.1) is 0 Å². The zero-order chi connectivity index (χ0) is 42.1. The molecule has 6 rings (SSSR count). The highest BCUT2D eigenvalue weighted by atomic mass is 16.5. The molecule has 4 bridgehead atoms. The molecule has 6 atom stereocenters. The van der Waals surface area contributed by atoms with Gasteiger partial charge in [0.15, 0.2) is 0 Å². The number of hydrogen-bond donors (Lipinski definition) is 2. The molecule has 6 unspecified atom stereocenters. The Hall–Kier alpha value is -3.76. The van der Waals surface area contributed by atoms with Crippen LogP contribution in [0.25, 0.3) is 0 Å². The molecule has 4 saturated heterocycles. The number of unbranched alkanes of at least 4 members (excludes halogenated alkanes) is 6. The number of aliphatic carboxylic acids is 2. The van der Waals surface area contributed by atoms with Crippen LogP contribution in [0.2, 0.25) is 0 Å². The smallest absolute Gasteiger partial charge is 0.314 e.